The minimum Gasteiger partial charge on any atom is -0.330 e. The van der Waals surface area contributed by atoms with Gasteiger partial charge in [-0.05, 0) is 37.1 Å². The first-order chi connectivity index (χ1) is 8.45. The van der Waals surface area contributed by atoms with Gasteiger partial charge in [0.25, 0.3) is 0 Å². The minimum atomic E-state index is -3.49. The zero-order valence-corrected chi connectivity index (χ0v) is 13.2. The van der Waals surface area contributed by atoms with Crippen LogP contribution in [0.5, 0.6) is 0 Å². The fraction of sp³-hybridized carbons (Fsp3) is 0.455. The van der Waals surface area contributed by atoms with E-state index in [-0.39, 0.29) is 28.2 Å². The standard InChI is InChI=1S/C11H14Cl2N2O2S.ClH/c12-10-2-1-9(5-11(10)13)18(16,17)15-4-3-8(6-14)7-15;/h1-2,5,8H,3-4,6-7,14H2;1H. The lowest BCUT2D eigenvalue weighted by Gasteiger charge is -2.16. The molecule has 1 heterocycles. The van der Waals surface area contributed by atoms with Crippen LogP contribution in [0.4, 0.5) is 0 Å². The summed E-state index contributed by atoms with van der Waals surface area (Å²) in [6.45, 7) is 1.48. The molecule has 0 aromatic heterocycles. The second kappa shape index (κ2) is 6.61. The van der Waals surface area contributed by atoms with E-state index in [0.717, 1.165) is 6.42 Å². The van der Waals surface area contributed by atoms with Gasteiger partial charge in [0.2, 0.25) is 10.0 Å². The summed E-state index contributed by atoms with van der Waals surface area (Å²) in [6, 6.07) is 4.35. The van der Waals surface area contributed by atoms with Gasteiger partial charge in [0, 0.05) is 13.1 Å². The van der Waals surface area contributed by atoms with Crippen molar-refractivity contribution in [3.8, 4) is 0 Å². The Labute approximate surface area is 129 Å². The molecule has 0 bridgehead atoms. The van der Waals surface area contributed by atoms with E-state index in [1.807, 2.05) is 0 Å². The quantitative estimate of drug-likeness (QED) is 0.915. The van der Waals surface area contributed by atoms with E-state index in [1.54, 1.807) is 0 Å². The molecule has 0 spiro atoms. The lowest BCUT2D eigenvalue weighted by Crippen LogP contribution is -2.30. The minimum absolute atomic E-state index is 0. The van der Waals surface area contributed by atoms with Gasteiger partial charge in [-0.2, -0.15) is 4.31 Å². The van der Waals surface area contributed by atoms with Crippen LogP contribution in [0.1, 0.15) is 6.42 Å². The number of benzene rings is 1. The molecule has 1 aromatic rings. The SMILES string of the molecule is Cl.NCC1CCN(S(=O)(=O)c2ccc(Cl)c(Cl)c2)C1. The number of rotatable bonds is 3. The lowest BCUT2D eigenvalue weighted by molar-refractivity contribution is 0.459. The molecule has 2 rings (SSSR count). The predicted octanol–water partition coefficient (Wildman–Crippen LogP) is 2.38. The first-order valence-electron chi connectivity index (χ1n) is 5.60. The molecule has 0 radical (unpaired) electrons. The number of sulfonamides is 1. The van der Waals surface area contributed by atoms with Crippen LogP contribution in [-0.2, 0) is 10.0 Å². The van der Waals surface area contributed by atoms with Gasteiger partial charge in [-0.3, -0.25) is 0 Å². The third-order valence-electron chi connectivity index (χ3n) is 3.11. The Hall–Kier alpha value is -0.0400. The monoisotopic (exact) mass is 344 g/mol. The zero-order chi connectivity index (χ0) is 13.3. The molecule has 1 fully saturated rings. The van der Waals surface area contributed by atoms with Gasteiger partial charge >= 0.3 is 0 Å². The summed E-state index contributed by atoms with van der Waals surface area (Å²) >= 11 is 11.6. The number of hydrogen-bond acceptors (Lipinski definition) is 3. The van der Waals surface area contributed by atoms with E-state index in [0.29, 0.717) is 24.7 Å². The Kier molecular flexibility index (Phi) is 5.92. The molecular formula is C11H15Cl3N2O2S. The molecule has 8 heteroatoms. The fourth-order valence-corrected chi connectivity index (χ4v) is 3.91. The third kappa shape index (κ3) is 3.54. The summed E-state index contributed by atoms with van der Waals surface area (Å²) in [6.07, 6.45) is 0.803. The molecule has 0 aliphatic carbocycles. The van der Waals surface area contributed by atoms with Crippen molar-refractivity contribution in [3.63, 3.8) is 0 Å². The largest absolute Gasteiger partial charge is 0.330 e. The highest BCUT2D eigenvalue weighted by molar-refractivity contribution is 7.89. The Morgan fingerprint density at radius 1 is 1.32 bits per heavy atom. The molecule has 1 aliphatic rings. The maximum Gasteiger partial charge on any atom is 0.243 e. The van der Waals surface area contributed by atoms with Crippen molar-refractivity contribution >= 4 is 45.6 Å². The average molecular weight is 346 g/mol. The molecule has 0 saturated carbocycles. The normalized spacial score (nSPS) is 20.3. The Bertz CT molecular complexity index is 551. The summed E-state index contributed by atoms with van der Waals surface area (Å²) in [5.41, 5.74) is 5.56. The summed E-state index contributed by atoms with van der Waals surface area (Å²) in [5, 5.41) is 0.587. The molecule has 1 saturated heterocycles. The molecule has 1 unspecified atom stereocenters. The van der Waals surface area contributed by atoms with Crippen LogP contribution < -0.4 is 5.73 Å². The topological polar surface area (TPSA) is 63.4 Å². The number of halogens is 3. The van der Waals surface area contributed by atoms with Crippen molar-refractivity contribution in [2.24, 2.45) is 11.7 Å². The first kappa shape index (κ1) is 17.0. The van der Waals surface area contributed by atoms with Crippen molar-refractivity contribution in [2.75, 3.05) is 19.6 Å². The van der Waals surface area contributed by atoms with E-state index < -0.39 is 10.0 Å². The summed E-state index contributed by atoms with van der Waals surface area (Å²) in [5.74, 6) is 0.238. The Morgan fingerprint density at radius 3 is 2.53 bits per heavy atom. The van der Waals surface area contributed by atoms with E-state index in [9.17, 15) is 8.42 Å². The van der Waals surface area contributed by atoms with Crippen molar-refractivity contribution in [1.82, 2.24) is 4.31 Å². The number of nitrogens with zero attached hydrogens (tertiary/aromatic N) is 1. The maximum atomic E-state index is 12.3. The van der Waals surface area contributed by atoms with E-state index in [2.05, 4.69) is 0 Å². The van der Waals surface area contributed by atoms with Crippen LogP contribution in [0.15, 0.2) is 23.1 Å². The van der Waals surface area contributed by atoms with Crippen LogP contribution in [0.25, 0.3) is 0 Å². The number of hydrogen-bond donors (Lipinski definition) is 1. The van der Waals surface area contributed by atoms with Crippen LogP contribution >= 0.6 is 35.6 Å². The molecule has 108 valence electrons. The van der Waals surface area contributed by atoms with Crippen molar-refractivity contribution < 1.29 is 8.42 Å². The first-order valence-corrected chi connectivity index (χ1v) is 7.80. The molecule has 2 N–H and O–H groups in total. The molecule has 4 nitrogen and oxygen atoms in total. The van der Waals surface area contributed by atoms with Gasteiger partial charge in [0.05, 0.1) is 14.9 Å². The van der Waals surface area contributed by atoms with Crippen molar-refractivity contribution in [3.05, 3.63) is 28.2 Å². The van der Waals surface area contributed by atoms with Gasteiger partial charge in [-0.1, -0.05) is 23.2 Å². The summed E-state index contributed by atoms with van der Waals surface area (Å²) in [4.78, 5) is 0.176. The second-order valence-electron chi connectivity index (χ2n) is 4.33. The van der Waals surface area contributed by atoms with Crippen molar-refractivity contribution in [2.45, 2.75) is 11.3 Å². The molecule has 19 heavy (non-hydrogen) atoms. The van der Waals surface area contributed by atoms with E-state index in [4.69, 9.17) is 28.9 Å². The second-order valence-corrected chi connectivity index (χ2v) is 7.08. The predicted molar refractivity (Wildman–Crippen MR) is 79.6 cm³/mol. The average Bonchev–Trinajstić information content (AvgIpc) is 2.81. The van der Waals surface area contributed by atoms with Crippen molar-refractivity contribution in [1.29, 1.82) is 0 Å². The maximum absolute atomic E-state index is 12.3. The van der Waals surface area contributed by atoms with Crippen LogP contribution in [0.2, 0.25) is 10.0 Å². The van der Waals surface area contributed by atoms with Crippen LogP contribution in [0, 0.1) is 5.92 Å². The molecular weight excluding hydrogens is 331 g/mol. The molecule has 0 amide bonds. The molecule has 1 atom stereocenters. The van der Waals surface area contributed by atoms with E-state index >= 15 is 0 Å². The van der Waals surface area contributed by atoms with Gasteiger partial charge in [-0.25, -0.2) is 8.42 Å². The van der Waals surface area contributed by atoms with Gasteiger partial charge < -0.3 is 5.73 Å². The Balaban J connectivity index is 0.00000180. The van der Waals surface area contributed by atoms with Gasteiger partial charge in [0.15, 0.2) is 0 Å². The Morgan fingerprint density at radius 2 is 2.00 bits per heavy atom. The summed E-state index contributed by atoms with van der Waals surface area (Å²) < 4.78 is 26.1. The number of nitrogens with two attached hydrogens (primary N) is 1. The van der Waals surface area contributed by atoms with E-state index in [1.165, 1.54) is 22.5 Å². The van der Waals surface area contributed by atoms with Crippen LogP contribution in [-0.4, -0.2) is 32.4 Å². The highest BCUT2D eigenvalue weighted by atomic mass is 35.5. The van der Waals surface area contributed by atoms with Gasteiger partial charge in [-0.15, -0.1) is 12.4 Å². The van der Waals surface area contributed by atoms with Crippen LogP contribution in [0.3, 0.4) is 0 Å². The zero-order valence-electron chi connectivity index (χ0n) is 10.1. The molecule has 1 aromatic carbocycles. The highest BCUT2D eigenvalue weighted by Gasteiger charge is 2.32. The smallest absolute Gasteiger partial charge is 0.243 e. The lowest BCUT2D eigenvalue weighted by atomic mass is 10.1. The molecule has 1 aliphatic heterocycles. The fourth-order valence-electron chi connectivity index (χ4n) is 1.99. The summed E-state index contributed by atoms with van der Waals surface area (Å²) in [7, 11) is -3.49. The third-order valence-corrected chi connectivity index (χ3v) is 5.71. The highest BCUT2D eigenvalue weighted by Crippen LogP contribution is 2.28. The van der Waals surface area contributed by atoms with Gasteiger partial charge in [0.1, 0.15) is 0 Å².